The summed E-state index contributed by atoms with van der Waals surface area (Å²) in [4.78, 5) is 4.57. The Morgan fingerprint density at radius 1 is 1.25 bits per heavy atom. The van der Waals surface area contributed by atoms with Gasteiger partial charge in [0, 0.05) is 24.3 Å². The first-order valence-corrected chi connectivity index (χ1v) is 7.98. The van der Waals surface area contributed by atoms with E-state index >= 15 is 0 Å². The summed E-state index contributed by atoms with van der Waals surface area (Å²) in [5.74, 6) is 1.51. The monoisotopic (exact) mass is 276 g/mol. The van der Waals surface area contributed by atoms with Crippen LogP contribution in [0, 0.1) is 12.8 Å². The molecule has 0 saturated heterocycles. The van der Waals surface area contributed by atoms with Gasteiger partial charge in [-0.3, -0.25) is 0 Å². The molecule has 3 nitrogen and oxygen atoms in total. The minimum Gasteiger partial charge on any atom is -0.477 e. The molecular weight excluding hydrogens is 248 g/mol. The maximum atomic E-state index is 5.88. The highest BCUT2D eigenvalue weighted by Crippen LogP contribution is 2.24. The summed E-state index contributed by atoms with van der Waals surface area (Å²) in [5, 5.41) is 3.42. The van der Waals surface area contributed by atoms with Gasteiger partial charge in [-0.05, 0) is 31.2 Å². The molecule has 0 aliphatic heterocycles. The molecular formula is C17H28N2O. The fraction of sp³-hybridized carbons (Fsp3) is 0.706. The van der Waals surface area contributed by atoms with E-state index in [2.05, 4.69) is 37.1 Å². The van der Waals surface area contributed by atoms with Crippen LogP contribution in [0.15, 0.2) is 12.1 Å². The Labute approximate surface area is 123 Å². The van der Waals surface area contributed by atoms with Gasteiger partial charge in [0.2, 0.25) is 5.88 Å². The lowest BCUT2D eigenvalue weighted by molar-refractivity contribution is 0.202. The average molecular weight is 276 g/mol. The van der Waals surface area contributed by atoms with Crippen molar-refractivity contribution in [2.75, 3.05) is 6.61 Å². The molecule has 0 bridgehead atoms. The van der Waals surface area contributed by atoms with Gasteiger partial charge >= 0.3 is 0 Å². The lowest BCUT2D eigenvalue weighted by Crippen LogP contribution is -2.22. The maximum absolute atomic E-state index is 5.88. The van der Waals surface area contributed by atoms with Crippen LogP contribution in [0.1, 0.15) is 57.2 Å². The maximum Gasteiger partial charge on any atom is 0.213 e. The smallest absolute Gasteiger partial charge is 0.213 e. The molecule has 112 valence electrons. The molecule has 2 rings (SSSR count). The Hall–Kier alpha value is -1.09. The van der Waals surface area contributed by atoms with E-state index in [-0.39, 0.29) is 0 Å². The van der Waals surface area contributed by atoms with Crippen molar-refractivity contribution in [1.82, 2.24) is 10.3 Å². The van der Waals surface area contributed by atoms with Crippen LogP contribution < -0.4 is 10.1 Å². The van der Waals surface area contributed by atoms with Crippen molar-refractivity contribution in [3.8, 4) is 5.88 Å². The number of nitrogens with zero attached hydrogens (tertiary/aromatic N) is 1. The van der Waals surface area contributed by atoms with E-state index in [0.717, 1.165) is 30.6 Å². The van der Waals surface area contributed by atoms with E-state index in [1.807, 2.05) is 6.07 Å². The van der Waals surface area contributed by atoms with Crippen molar-refractivity contribution in [1.29, 1.82) is 0 Å². The topological polar surface area (TPSA) is 34.1 Å². The Balaban J connectivity index is 1.84. The summed E-state index contributed by atoms with van der Waals surface area (Å²) in [5.41, 5.74) is 2.32. The number of rotatable bonds is 6. The van der Waals surface area contributed by atoms with Crippen molar-refractivity contribution in [2.24, 2.45) is 5.92 Å². The van der Waals surface area contributed by atoms with Crippen molar-refractivity contribution in [2.45, 2.75) is 65.5 Å². The summed E-state index contributed by atoms with van der Waals surface area (Å²) in [6, 6.07) is 4.64. The van der Waals surface area contributed by atoms with Crippen LogP contribution in [-0.4, -0.2) is 17.6 Å². The van der Waals surface area contributed by atoms with E-state index in [1.54, 1.807) is 0 Å². The number of hydrogen-bond donors (Lipinski definition) is 1. The molecule has 1 fully saturated rings. The first kappa shape index (κ1) is 15.3. The molecule has 1 saturated carbocycles. The third kappa shape index (κ3) is 4.78. The number of pyridine rings is 1. The lowest BCUT2D eigenvalue weighted by Gasteiger charge is -2.21. The largest absolute Gasteiger partial charge is 0.477 e. The van der Waals surface area contributed by atoms with Crippen LogP contribution >= 0.6 is 0 Å². The first-order chi connectivity index (χ1) is 9.65. The summed E-state index contributed by atoms with van der Waals surface area (Å²) >= 11 is 0. The highest BCUT2D eigenvalue weighted by molar-refractivity contribution is 5.24. The molecule has 0 amide bonds. The van der Waals surface area contributed by atoms with Crippen LogP contribution in [0.2, 0.25) is 0 Å². The van der Waals surface area contributed by atoms with Gasteiger partial charge < -0.3 is 10.1 Å². The minimum atomic E-state index is 0.497. The molecule has 1 aliphatic rings. The molecule has 0 radical (unpaired) electrons. The molecule has 1 aromatic rings. The van der Waals surface area contributed by atoms with E-state index < -0.39 is 0 Å². The average Bonchev–Trinajstić information content (AvgIpc) is 2.45. The molecule has 20 heavy (non-hydrogen) atoms. The summed E-state index contributed by atoms with van der Waals surface area (Å²) in [6.07, 6.45) is 6.75. The molecule has 3 heteroatoms. The predicted molar refractivity (Wildman–Crippen MR) is 83.0 cm³/mol. The second-order valence-electron chi connectivity index (χ2n) is 6.24. The van der Waals surface area contributed by atoms with Crippen molar-refractivity contribution < 1.29 is 4.74 Å². The molecule has 1 aliphatic carbocycles. The third-order valence-corrected chi connectivity index (χ3v) is 4.06. The quantitative estimate of drug-likeness (QED) is 0.857. The normalized spacial score (nSPS) is 16.6. The van der Waals surface area contributed by atoms with Crippen LogP contribution in [0.25, 0.3) is 0 Å². The Bertz CT molecular complexity index is 411. The van der Waals surface area contributed by atoms with Crippen LogP contribution in [0.4, 0.5) is 0 Å². The number of aromatic nitrogens is 1. The second kappa shape index (κ2) is 7.63. The fourth-order valence-corrected chi connectivity index (χ4v) is 2.71. The predicted octanol–water partition coefficient (Wildman–Crippen LogP) is 3.85. The third-order valence-electron chi connectivity index (χ3n) is 4.06. The molecule has 0 unspecified atom stereocenters. The second-order valence-corrected chi connectivity index (χ2v) is 6.24. The van der Waals surface area contributed by atoms with Gasteiger partial charge in [-0.1, -0.05) is 39.2 Å². The van der Waals surface area contributed by atoms with Crippen LogP contribution in [0.3, 0.4) is 0 Å². The van der Waals surface area contributed by atoms with E-state index in [0.29, 0.717) is 6.04 Å². The highest BCUT2D eigenvalue weighted by Gasteiger charge is 2.14. The number of ether oxygens (including phenoxy) is 1. The molecule has 0 aromatic carbocycles. The fourth-order valence-electron chi connectivity index (χ4n) is 2.71. The summed E-state index contributed by atoms with van der Waals surface area (Å²) in [6.45, 7) is 8.08. The molecule has 1 heterocycles. The van der Waals surface area contributed by atoms with E-state index in [1.165, 1.54) is 37.7 Å². The highest BCUT2D eigenvalue weighted by atomic mass is 16.5. The minimum absolute atomic E-state index is 0.497. The molecule has 0 atom stereocenters. The molecule has 0 spiro atoms. The number of aryl methyl sites for hydroxylation is 1. The number of hydrogen-bond acceptors (Lipinski definition) is 3. The Morgan fingerprint density at radius 2 is 2.00 bits per heavy atom. The van der Waals surface area contributed by atoms with Gasteiger partial charge in [0.25, 0.3) is 0 Å². The SMILES string of the molecule is Cc1nc(OCC2CCCCC2)ccc1CNC(C)C. The summed E-state index contributed by atoms with van der Waals surface area (Å²) in [7, 11) is 0. The van der Waals surface area contributed by atoms with Gasteiger partial charge in [-0.2, -0.15) is 0 Å². The van der Waals surface area contributed by atoms with Crippen LogP contribution in [0.5, 0.6) is 5.88 Å². The van der Waals surface area contributed by atoms with Gasteiger partial charge in [0.15, 0.2) is 0 Å². The standard InChI is InChI=1S/C17H28N2O/c1-13(2)18-11-16-9-10-17(19-14(16)3)20-12-15-7-5-4-6-8-15/h9-10,13,15,18H,4-8,11-12H2,1-3H3. The number of nitrogens with one attached hydrogen (secondary N) is 1. The van der Waals surface area contributed by atoms with Crippen molar-refractivity contribution in [3.05, 3.63) is 23.4 Å². The van der Waals surface area contributed by atoms with Crippen molar-refractivity contribution >= 4 is 0 Å². The van der Waals surface area contributed by atoms with E-state index in [9.17, 15) is 0 Å². The summed E-state index contributed by atoms with van der Waals surface area (Å²) < 4.78 is 5.88. The zero-order chi connectivity index (χ0) is 14.4. The van der Waals surface area contributed by atoms with Gasteiger partial charge in [-0.15, -0.1) is 0 Å². The van der Waals surface area contributed by atoms with Gasteiger partial charge in [0.1, 0.15) is 0 Å². The molecule has 1 aromatic heterocycles. The van der Waals surface area contributed by atoms with E-state index in [4.69, 9.17) is 4.74 Å². The van der Waals surface area contributed by atoms with Crippen molar-refractivity contribution in [3.63, 3.8) is 0 Å². The lowest BCUT2D eigenvalue weighted by atomic mass is 9.90. The van der Waals surface area contributed by atoms with Crippen LogP contribution in [-0.2, 0) is 6.54 Å². The zero-order valence-corrected chi connectivity index (χ0v) is 13.1. The first-order valence-electron chi connectivity index (χ1n) is 7.98. The van der Waals surface area contributed by atoms with Gasteiger partial charge in [-0.25, -0.2) is 4.98 Å². The zero-order valence-electron chi connectivity index (χ0n) is 13.1. The Kier molecular flexibility index (Phi) is 5.84. The Morgan fingerprint density at radius 3 is 2.65 bits per heavy atom. The molecule has 1 N–H and O–H groups in total. The van der Waals surface area contributed by atoms with Gasteiger partial charge in [0.05, 0.1) is 6.61 Å².